The maximum Gasteiger partial charge on any atom is 0.303 e. The van der Waals surface area contributed by atoms with E-state index in [4.69, 9.17) is 5.11 Å². The lowest BCUT2D eigenvalue weighted by Gasteiger charge is -2.36. The Morgan fingerprint density at radius 1 is 1.38 bits per heavy atom. The van der Waals surface area contributed by atoms with Crippen LogP contribution < -0.4 is 0 Å². The Balaban J connectivity index is 0.000000221. The highest BCUT2D eigenvalue weighted by Gasteiger charge is 2.60. The summed E-state index contributed by atoms with van der Waals surface area (Å²) < 4.78 is 0. The summed E-state index contributed by atoms with van der Waals surface area (Å²) in [5.41, 5.74) is 0.601. The third-order valence-corrected chi connectivity index (χ3v) is 5.05. The summed E-state index contributed by atoms with van der Waals surface area (Å²) in [6.45, 7) is 8.49. The molecule has 0 saturated heterocycles. The first-order chi connectivity index (χ1) is 7.25. The van der Waals surface area contributed by atoms with Gasteiger partial charge in [-0.2, -0.15) is 0 Å². The second-order valence-electron chi connectivity index (χ2n) is 5.87. The minimum Gasteiger partial charge on any atom is -0.481 e. The fourth-order valence-electron chi connectivity index (χ4n) is 3.16. The minimum atomic E-state index is -0.745. The van der Waals surface area contributed by atoms with Gasteiger partial charge in [-0.1, -0.05) is 27.7 Å². The van der Waals surface area contributed by atoms with Crippen LogP contribution in [0, 0.1) is 16.7 Å². The summed E-state index contributed by atoms with van der Waals surface area (Å²) in [4.78, 5) is 9.37. The maximum absolute atomic E-state index is 9.81. The van der Waals surface area contributed by atoms with Crippen LogP contribution in [-0.2, 0) is 4.79 Å². The van der Waals surface area contributed by atoms with E-state index in [1.54, 1.807) is 6.92 Å². The molecule has 2 fully saturated rings. The van der Waals surface area contributed by atoms with Crippen molar-refractivity contribution in [2.24, 2.45) is 16.7 Å². The van der Waals surface area contributed by atoms with Crippen molar-refractivity contribution in [3.8, 4) is 0 Å². The molecule has 0 heterocycles. The molecule has 3 unspecified atom stereocenters. The molecule has 2 aliphatic rings. The molecule has 0 aromatic carbocycles. The van der Waals surface area contributed by atoms with Gasteiger partial charge in [-0.05, 0) is 36.0 Å². The van der Waals surface area contributed by atoms with E-state index < -0.39 is 5.97 Å². The molecular formula is C13H24O3. The quantitative estimate of drug-likeness (QED) is 0.725. The molecule has 3 nitrogen and oxygen atoms in total. The molecule has 0 amide bonds. The minimum absolute atomic E-state index is 0.0313. The van der Waals surface area contributed by atoms with Gasteiger partial charge in [0.05, 0.1) is 6.10 Å². The topological polar surface area (TPSA) is 57.5 Å². The van der Waals surface area contributed by atoms with Gasteiger partial charge in [0.15, 0.2) is 0 Å². The Morgan fingerprint density at radius 3 is 2.00 bits per heavy atom. The molecule has 0 radical (unpaired) electrons. The number of aliphatic hydroxyl groups excluding tert-OH is 1. The van der Waals surface area contributed by atoms with Gasteiger partial charge in [-0.3, -0.25) is 4.79 Å². The molecule has 0 aliphatic heterocycles. The van der Waals surface area contributed by atoms with E-state index in [1.807, 2.05) is 0 Å². The van der Waals surface area contributed by atoms with E-state index in [-0.39, 0.29) is 17.9 Å². The molecule has 2 saturated carbocycles. The first kappa shape index (κ1) is 13.5. The Hall–Kier alpha value is -0.570. The van der Waals surface area contributed by atoms with E-state index in [0.29, 0.717) is 5.41 Å². The van der Waals surface area contributed by atoms with Crippen molar-refractivity contribution >= 4 is 5.97 Å². The molecule has 16 heavy (non-hydrogen) atoms. The van der Waals surface area contributed by atoms with Gasteiger partial charge in [0.25, 0.3) is 0 Å². The van der Waals surface area contributed by atoms with Crippen LogP contribution in [0.5, 0.6) is 0 Å². The molecule has 3 atom stereocenters. The summed E-state index contributed by atoms with van der Waals surface area (Å²) in [6, 6.07) is 0. The number of aliphatic hydroxyl groups is 1. The lowest BCUT2D eigenvalue weighted by atomic mass is 9.70. The Morgan fingerprint density at radius 2 is 1.88 bits per heavy atom. The number of aliphatic carboxylic acids is 1. The largest absolute Gasteiger partial charge is 0.481 e. The third-order valence-electron chi connectivity index (χ3n) is 5.05. The molecule has 3 heteroatoms. The summed E-state index contributed by atoms with van der Waals surface area (Å²) in [6.07, 6.45) is 3.80. The van der Waals surface area contributed by atoms with Crippen LogP contribution in [-0.4, -0.2) is 22.3 Å². The van der Waals surface area contributed by atoms with Crippen molar-refractivity contribution in [3.05, 3.63) is 0 Å². The average molecular weight is 228 g/mol. The maximum atomic E-state index is 9.81. The molecule has 2 N–H and O–H groups in total. The van der Waals surface area contributed by atoms with Gasteiger partial charge in [0.1, 0.15) is 0 Å². The highest BCUT2D eigenvalue weighted by atomic mass is 16.4. The van der Waals surface area contributed by atoms with Gasteiger partial charge < -0.3 is 10.2 Å². The molecule has 0 spiro atoms. The fraction of sp³-hybridized carbons (Fsp3) is 0.923. The van der Waals surface area contributed by atoms with Crippen LogP contribution in [0.2, 0.25) is 0 Å². The zero-order chi connectivity index (χ0) is 12.6. The normalized spacial score (nSPS) is 39.1. The van der Waals surface area contributed by atoms with E-state index in [1.165, 1.54) is 12.8 Å². The molecule has 94 valence electrons. The second-order valence-corrected chi connectivity index (χ2v) is 5.87. The predicted octanol–water partition coefficient (Wildman–Crippen LogP) is 2.67. The zero-order valence-electron chi connectivity index (χ0n) is 10.8. The summed E-state index contributed by atoms with van der Waals surface area (Å²) in [5, 5.41) is 17.5. The summed E-state index contributed by atoms with van der Waals surface area (Å²) in [7, 11) is 0. The van der Waals surface area contributed by atoms with Crippen molar-refractivity contribution < 1.29 is 15.0 Å². The van der Waals surface area contributed by atoms with Crippen molar-refractivity contribution in [2.45, 2.75) is 59.5 Å². The summed E-state index contributed by atoms with van der Waals surface area (Å²) in [5.74, 6) is 0.0347. The molecule has 2 rings (SSSR count). The number of hydrogen-bond acceptors (Lipinski definition) is 2. The van der Waals surface area contributed by atoms with Gasteiger partial charge in [0, 0.05) is 6.42 Å². The van der Waals surface area contributed by atoms with E-state index in [2.05, 4.69) is 20.8 Å². The Bertz CT molecular complexity index is 272. The Kier molecular flexibility index (Phi) is 3.68. The number of rotatable bonds is 1. The van der Waals surface area contributed by atoms with E-state index in [0.717, 1.165) is 12.3 Å². The smallest absolute Gasteiger partial charge is 0.303 e. The van der Waals surface area contributed by atoms with Crippen LogP contribution in [0.15, 0.2) is 0 Å². The molecule has 2 bridgehead atoms. The molecule has 0 aromatic rings. The van der Waals surface area contributed by atoms with Crippen LogP contribution in [0.3, 0.4) is 0 Å². The first-order valence-corrected chi connectivity index (χ1v) is 6.15. The van der Waals surface area contributed by atoms with Crippen LogP contribution in [0.1, 0.15) is 53.4 Å². The van der Waals surface area contributed by atoms with Crippen molar-refractivity contribution in [3.63, 3.8) is 0 Å². The van der Waals surface area contributed by atoms with E-state index >= 15 is 0 Å². The highest BCUT2D eigenvalue weighted by Crippen LogP contribution is 2.65. The van der Waals surface area contributed by atoms with Crippen LogP contribution in [0.25, 0.3) is 0 Å². The van der Waals surface area contributed by atoms with Gasteiger partial charge in [-0.25, -0.2) is 0 Å². The average Bonchev–Trinajstić information content (AvgIpc) is 2.51. The number of fused-ring (bicyclic) bond motifs is 2. The van der Waals surface area contributed by atoms with Gasteiger partial charge in [-0.15, -0.1) is 0 Å². The predicted molar refractivity (Wildman–Crippen MR) is 63.2 cm³/mol. The molecule has 2 aliphatic carbocycles. The highest BCUT2D eigenvalue weighted by molar-refractivity contribution is 5.66. The van der Waals surface area contributed by atoms with Crippen molar-refractivity contribution in [2.75, 3.05) is 0 Å². The molecule has 0 aromatic heterocycles. The number of carbonyl (C=O) groups is 1. The summed E-state index contributed by atoms with van der Waals surface area (Å²) >= 11 is 0. The van der Waals surface area contributed by atoms with Crippen molar-refractivity contribution in [1.82, 2.24) is 0 Å². The van der Waals surface area contributed by atoms with Gasteiger partial charge >= 0.3 is 5.97 Å². The van der Waals surface area contributed by atoms with Crippen LogP contribution >= 0.6 is 0 Å². The lowest BCUT2D eigenvalue weighted by Crippen LogP contribution is -2.35. The molecular weight excluding hydrogens is 204 g/mol. The second kappa shape index (κ2) is 4.36. The first-order valence-electron chi connectivity index (χ1n) is 6.15. The number of carboxylic acids is 1. The zero-order valence-corrected chi connectivity index (χ0v) is 10.8. The lowest BCUT2D eigenvalue weighted by molar-refractivity contribution is -0.136. The number of hydrogen-bond donors (Lipinski definition) is 2. The number of carboxylic acid groups (broad SMARTS) is 1. The Labute approximate surface area is 97.9 Å². The third kappa shape index (κ3) is 1.97. The van der Waals surface area contributed by atoms with E-state index in [9.17, 15) is 9.90 Å². The SMILES string of the molecule is CC1(C)C2CCC1(C)C(O)C2.CCC(=O)O. The van der Waals surface area contributed by atoms with Crippen molar-refractivity contribution in [1.29, 1.82) is 0 Å². The van der Waals surface area contributed by atoms with Crippen LogP contribution in [0.4, 0.5) is 0 Å². The monoisotopic (exact) mass is 228 g/mol. The fourth-order valence-corrected chi connectivity index (χ4v) is 3.16. The standard InChI is InChI=1S/C10H18O.C3H6O2/c1-9(2)7-4-5-10(9,3)8(11)6-7;1-2-3(4)5/h7-8,11H,4-6H2,1-3H3;2H2,1H3,(H,4,5). The van der Waals surface area contributed by atoms with Gasteiger partial charge in [0.2, 0.25) is 0 Å².